The van der Waals surface area contributed by atoms with Crippen LogP contribution < -0.4 is 0 Å². The molecular formula is C17H25N3O4. The molecule has 0 fully saturated rings. The maximum absolute atomic E-state index is 12.1. The molecule has 2 aromatic rings. The van der Waals surface area contributed by atoms with Crippen LogP contribution in [0.3, 0.4) is 0 Å². The van der Waals surface area contributed by atoms with E-state index in [1.165, 1.54) is 12.0 Å². The van der Waals surface area contributed by atoms with Crippen molar-refractivity contribution in [2.45, 2.75) is 39.0 Å². The number of nitrogens with zero attached hydrogens (tertiary/aromatic N) is 3. The second kappa shape index (κ2) is 7.19. The molecule has 1 aromatic heterocycles. The predicted octanol–water partition coefficient (Wildman–Crippen LogP) is 1.93. The molecule has 0 bridgehead atoms. The molecule has 0 aliphatic heterocycles. The Hall–Kier alpha value is -2.12. The zero-order valence-electron chi connectivity index (χ0n) is 14.6. The van der Waals surface area contributed by atoms with E-state index in [0.29, 0.717) is 5.69 Å². The van der Waals surface area contributed by atoms with E-state index in [0.717, 1.165) is 10.9 Å². The van der Waals surface area contributed by atoms with E-state index in [9.17, 15) is 15.0 Å². The SMILES string of the molecule is COC(=O)N(CC(O)c1c2ccccc2nn1CCO)C(C)(C)C. The Morgan fingerprint density at radius 1 is 1.38 bits per heavy atom. The van der Waals surface area contributed by atoms with Gasteiger partial charge in [0.05, 0.1) is 38.0 Å². The fourth-order valence-electron chi connectivity index (χ4n) is 2.71. The van der Waals surface area contributed by atoms with Gasteiger partial charge in [0, 0.05) is 10.9 Å². The summed E-state index contributed by atoms with van der Waals surface area (Å²) in [4.78, 5) is 13.5. The van der Waals surface area contributed by atoms with E-state index >= 15 is 0 Å². The van der Waals surface area contributed by atoms with Gasteiger partial charge in [-0.05, 0) is 26.8 Å². The molecule has 1 atom stereocenters. The molecule has 1 aromatic carbocycles. The lowest BCUT2D eigenvalue weighted by Gasteiger charge is -2.35. The predicted molar refractivity (Wildman–Crippen MR) is 90.6 cm³/mol. The molecule has 0 spiro atoms. The number of ether oxygens (including phenoxy) is 1. The Morgan fingerprint density at radius 2 is 2.04 bits per heavy atom. The Kier molecular flexibility index (Phi) is 5.46. The zero-order chi connectivity index (χ0) is 17.9. The summed E-state index contributed by atoms with van der Waals surface area (Å²) in [5.74, 6) is 0. The van der Waals surface area contributed by atoms with Crippen LogP contribution in [0.5, 0.6) is 0 Å². The molecule has 1 heterocycles. The standard InChI is InChI=1S/C17H25N3O4/c1-17(2,3)19(16(23)24-4)11-14(22)15-12-7-5-6-8-13(12)18-20(15)9-10-21/h5-8,14,21-22H,9-11H2,1-4H3. The van der Waals surface area contributed by atoms with Crippen LogP contribution in [0.2, 0.25) is 0 Å². The minimum Gasteiger partial charge on any atom is -0.453 e. The van der Waals surface area contributed by atoms with E-state index in [1.54, 1.807) is 4.68 Å². The molecule has 2 N–H and O–H groups in total. The second-order valence-corrected chi connectivity index (χ2v) is 6.62. The van der Waals surface area contributed by atoms with Crippen molar-refractivity contribution in [3.63, 3.8) is 0 Å². The third kappa shape index (κ3) is 3.68. The number of carbonyl (C=O) groups is 1. The van der Waals surface area contributed by atoms with Gasteiger partial charge < -0.3 is 19.8 Å². The second-order valence-electron chi connectivity index (χ2n) is 6.62. The first-order chi connectivity index (χ1) is 11.3. The van der Waals surface area contributed by atoms with E-state index in [1.807, 2.05) is 45.0 Å². The lowest BCUT2D eigenvalue weighted by atomic mass is 10.0. The first-order valence-electron chi connectivity index (χ1n) is 7.89. The topological polar surface area (TPSA) is 87.8 Å². The minimum absolute atomic E-state index is 0.0668. The van der Waals surface area contributed by atoms with E-state index < -0.39 is 17.7 Å². The summed E-state index contributed by atoms with van der Waals surface area (Å²) in [6, 6.07) is 7.45. The molecule has 0 radical (unpaired) electrons. The summed E-state index contributed by atoms with van der Waals surface area (Å²) in [7, 11) is 1.32. The molecule has 7 heteroatoms. The number of methoxy groups -OCH3 is 1. The lowest BCUT2D eigenvalue weighted by Crippen LogP contribution is -2.47. The average Bonchev–Trinajstić information content (AvgIpc) is 2.89. The van der Waals surface area contributed by atoms with E-state index in [2.05, 4.69) is 5.10 Å². The number of β-amino-alcohol motifs (C(OH)–C–C–N with tert-alkyl or cyclic N) is 1. The number of fused-ring (bicyclic) bond motifs is 1. The van der Waals surface area contributed by atoms with Crippen molar-refractivity contribution in [1.82, 2.24) is 14.7 Å². The highest BCUT2D eigenvalue weighted by Crippen LogP contribution is 2.27. The average molecular weight is 335 g/mol. The monoisotopic (exact) mass is 335 g/mol. The highest BCUT2D eigenvalue weighted by atomic mass is 16.5. The lowest BCUT2D eigenvalue weighted by molar-refractivity contribution is 0.0434. The van der Waals surface area contributed by atoms with Crippen molar-refractivity contribution in [1.29, 1.82) is 0 Å². The Balaban J connectivity index is 2.41. The van der Waals surface area contributed by atoms with E-state index in [-0.39, 0.29) is 19.7 Å². The number of aromatic nitrogens is 2. The van der Waals surface area contributed by atoms with Gasteiger partial charge in [-0.3, -0.25) is 4.68 Å². The molecule has 0 saturated carbocycles. The van der Waals surface area contributed by atoms with Crippen LogP contribution in [-0.4, -0.2) is 56.8 Å². The van der Waals surface area contributed by atoms with Crippen molar-refractivity contribution < 1.29 is 19.7 Å². The molecular weight excluding hydrogens is 310 g/mol. The Morgan fingerprint density at radius 3 is 2.62 bits per heavy atom. The number of aliphatic hydroxyl groups is 2. The highest BCUT2D eigenvalue weighted by molar-refractivity contribution is 5.82. The highest BCUT2D eigenvalue weighted by Gasteiger charge is 2.31. The molecule has 132 valence electrons. The van der Waals surface area contributed by atoms with Crippen LogP contribution in [0.15, 0.2) is 24.3 Å². The summed E-state index contributed by atoms with van der Waals surface area (Å²) in [6.45, 7) is 5.87. The van der Waals surface area contributed by atoms with Gasteiger partial charge in [-0.2, -0.15) is 5.10 Å². The van der Waals surface area contributed by atoms with Gasteiger partial charge in [-0.15, -0.1) is 0 Å². The molecule has 7 nitrogen and oxygen atoms in total. The molecule has 1 amide bonds. The number of carbonyl (C=O) groups excluding carboxylic acids is 1. The van der Waals surface area contributed by atoms with Crippen molar-refractivity contribution in [3.05, 3.63) is 30.0 Å². The van der Waals surface area contributed by atoms with Crippen LogP contribution >= 0.6 is 0 Å². The van der Waals surface area contributed by atoms with Gasteiger partial charge in [0.2, 0.25) is 0 Å². The number of aliphatic hydroxyl groups excluding tert-OH is 2. The molecule has 0 saturated heterocycles. The van der Waals surface area contributed by atoms with Gasteiger partial charge >= 0.3 is 6.09 Å². The third-order valence-electron chi connectivity index (χ3n) is 3.87. The van der Waals surface area contributed by atoms with Gasteiger partial charge in [0.15, 0.2) is 0 Å². The van der Waals surface area contributed by atoms with Crippen LogP contribution in [0.25, 0.3) is 10.9 Å². The van der Waals surface area contributed by atoms with Crippen LogP contribution in [0.1, 0.15) is 32.6 Å². The first-order valence-corrected chi connectivity index (χ1v) is 7.89. The van der Waals surface area contributed by atoms with Crippen LogP contribution in [0, 0.1) is 0 Å². The molecule has 1 unspecified atom stereocenters. The number of hydrogen-bond donors (Lipinski definition) is 2. The van der Waals surface area contributed by atoms with Crippen molar-refractivity contribution in [3.8, 4) is 0 Å². The van der Waals surface area contributed by atoms with Crippen molar-refractivity contribution in [2.24, 2.45) is 0 Å². The van der Waals surface area contributed by atoms with Gasteiger partial charge in [0.25, 0.3) is 0 Å². The van der Waals surface area contributed by atoms with E-state index in [4.69, 9.17) is 4.74 Å². The largest absolute Gasteiger partial charge is 0.453 e. The number of rotatable bonds is 5. The van der Waals surface area contributed by atoms with Crippen LogP contribution in [-0.2, 0) is 11.3 Å². The van der Waals surface area contributed by atoms with Crippen molar-refractivity contribution in [2.75, 3.05) is 20.3 Å². The summed E-state index contributed by atoms with van der Waals surface area (Å²) < 4.78 is 6.43. The number of hydrogen-bond acceptors (Lipinski definition) is 5. The molecule has 0 aliphatic carbocycles. The third-order valence-corrected chi connectivity index (χ3v) is 3.87. The Labute approximate surface area is 141 Å². The molecule has 0 aliphatic rings. The normalized spacial score (nSPS) is 13.1. The van der Waals surface area contributed by atoms with Crippen molar-refractivity contribution >= 4 is 17.0 Å². The quantitative estimate of drug-likeness (QED) is 0.872. The van der Waals surface area contributed by atoms with Gasteiger partial charge in [-0.25, -0.2) is 4.79 Å². The first kappa shape index (κ1) is 18.2. The minimum atomic E-state index is -0.956. The zero-order valence-corrected chi connectivity index (χ0v) is 14.6. The Bertz CT molecular complexity index is 705. The summed E-state index contributed by atoms with van der Waals surface area (Å²) in [5, 5.41) is 25.3. The summed E-state index contributed by atoms with van der Waals surface area (Å²) in [5.41, 5.74) is 0.810. The van der Waals surface area contributed by atoms with Crippen LogP contribution in [0.4, 0.5) is 4.79 Å². The summed E-state index contributed by atoms with van der Waals surface area (Å²) in [6.07, 6.45) is -1.46. The smallest absolute Gasteiger partial charge is 0.410 e. The maximum atomic E-state index is 12.1. The number of amides is 1. The summed E-state index contributed by atoms with van der Waals surface area (Å²) >= 11 is 0. The van der Waals surface area contributed by atoms with Gasteiger partial charge in [0.1, 0.15) is 6.10 Å². The number of benzene rings is 1. The molecule has 24 heavy (non-hydrogen) atoms. The fourth-order valence-corrected chi connectivity index (χ4v) is 2.71. The molecule has 2 rings (SSSR count). The fraction of sp³-hybridized carbons (Fsp3) is 0.529. The maximum Gasteiger partial charge on any atom is 0.410 e. The van der Waals surface area contributed by atoms with Gasteiger partial charge in [-0.1, -0.05) is 18.2 Å².